The smallest absolute Gasteiger partial charge is 0.331 e. The number of nitrogens with zero attached hydrogens (tertiary/aromatic N) is 2. The molecule has 2 aromatic carbocycles. The minimum Gasteiger partial charge on any atom is -0.493 e. The Bertz CT molecular complexity index is 1230. The van der Waals surface area contributed by atoms with Gasteiger partial charge in [0.1, 0.15) is 0 Å². The van der Waals surface area contributed by atoms with Crippen LogP contribution >= 0.6 is 11.6 Å². The van der Waals surface area contributed by atoms with Gasteiger partial charge in [-0.1, -0.05) is 29.3 Å². The van der Waals surface area contributed by atoms with E-state index in [4.69, 9.17) is 25.8 Å². The number of esters is 1. The van der Waals surface area contributed by atoms with Crippen LogP contribution in [0, 0.1) is 20.8 Å². The molecule has 0 unspecified atom stereocenters. The number of methoxy groups -OCH3 is 2. The van der Waals surface area contributed by atoms with Crippen molar-refractivity contribution >= 4 is 35.2 Å². The predicted octanol–water partition coefficient (Wildman–Crippen LogP) is 4.66. The molecule has 0 atom stereocenters. The number of anilines is 1. The number of hydrogen-bond acceptors (Lipinski definition) is 6. The average Bonchev–Trinajstić information content (AvgIpc) is 3.09. The molecule has 34 heavy (non-hydrogen) atoms. The second kappa shape index (κ2) is 10.9. The molecular formula is C25H26ClN3O5. The summed E-state index contributed by atoms with van der Waals surface area (Å²) >= 11 is 6.17. The summed E-state index contributed by atoms with van der Waals surface area (Å²) < 4.78 is 17.2. The highest BCUT2D eigenvalue weighted by Gasteiger charge is 2.16. The molecule has 0 aliphatic rings. The molecule has 1 heterocycles. The number of carbonyl (C=O) groups excluding carboxylic acids is 2. The van der Waals surface area contributed by atoms with E-state index in [1.807, 2.05) is 38.1 Å². The monoisotopic (exact) mass is 483 g/mol. The molecule has 0 fully saturated rings. The van der Waals surface area contributed by atoms with Crippen LogP contribution in [-0.2, 0) is 14.3 Å². The van der Waals surface area contributed by atoms with Crippen LogP contribution in [0.3, 0.4) is 0 Å². The lowest BCUT2D eigenvalue weighted by molar-refractivity contribution is -0.142. The minimum absolute atomic E-state index is 0.339. The first-order valence-corrected chi connectivity index (χ1v) is 10.8. The van der Waals surface area contributed by atoms with Crippen molar-refractivity contribution in [2.75, 3.05) is 26.1 Å². The van der Waals surface area contributed by atoms with Crippen LogP contribution in [-0.4, -0.2) is 42.5 Å². The molecular weight excluding hydrogens is 458 g/mol. The van der Waals surface area contributed by atoms with E-state index in [1.165, 1.54) is 26.4 Å². The average molecular weight is 484 g/mol. The Balaban J connectivity index is 1.61. The Labute approximate surface area is 203 Å². The van der Waals surface area contributed by atoms with E-state index in [-0.39, 0.29) is 0 Å². The highest BCUT2D eigenvalue weighted by atomic mass is 35.5. The van der Waals surface area contributed by atoms with Gasteiger partial charge in [0, 0.05) is 6.08 Å². The van der Waals surface area contributed by atoms with E-state index in [2.05, 4.69) is 10.4 Å². The summed E-state index contributed by atoms with van der Waals surface area (Å²) in [7, 11) is 2.97. The van der Waals surface area contributed by atoms with Gasteiger partial charge in [-0.2, -0.15) is 5.10 Å². The lowest BCUT2D eigenvalue weighted by Crippen LogP contribution is -2.20. The van der Waals surface area contributed by atoms with E-state index in [9.17, 15) is 9.59 Å². The SMILES string of the molecule is COc1cc(/C=C/C(=O)OCC(=O)Nc2c(C)nn(-c3ccc(C)cc3)c2C)cc(Cl)c1OC. The molecule has 0 radical (unpaired) electrons. The van der Waals surface area contributed by atoms with Crippen molar-refractivity contribution in [2.24, 2.45) is 0 Å². The summed E-state index contributed by atoms with van der Waals surface area (Å²) in [5.41, 5.74) is 4.65. The molecule has 1 aromatic heterocycles. The zero-order valence-corrected chi connectivity index (χ0v) is 20.4. The Morgan fingerprint density at radius 3 is 2.44 bits per heavy atom. The lowest BCUT2D eigenvalue weighted by atomic mass is 10.2. The van der Waals surface area contributed by atoms with Gasteiger partial charge in [0.25, 0.3) is 5.91 Å². The van der Waals surface area contributed by atoms with Crippen molar-refractivity contribution in [3.63, 3.8) is 0 Å². The van der Waals surface area contributed by atoms with Crippen LogP contribution in [0.2, 0.25) is 5.02 Å². The van der Waals surface area contributed by atoms with Gasteiger partial charge in [-0.25, -0.2) is 9.48 Å². The van der Waals surface area contributed by atoms with Crippen molar-refractivity contribution in [3.05, 3.63) is 70.0 Å². The predicted molar refractivity (Wildman–Crippen MR) is 131 cm³/mol. The second-order valence-electron chi connectivity index (χ2n) is 7.52. The number of rotatable bonds is 8. The molecule has 178 valence electrons. The van der Waals surface area contributed by atoms with E-state index in [0.717, 1.165) is 16.9 Å². The molecule has 0 bridgehead atoms. The van der Waals surface area contributed by atoms with Gasteiger partial charge < -0.3 is 19.5 Å². The van der Waals surface area contributed by atoms with Gasteiger partial charge in [0.2, 0.25) is 0 Å². The van der Waals surface area contributed by atoms with Gasteiger partial charge in [-0.15, -0.1) is 0 Å². The number of ether oxygens (including phenoxy) is 3. The molecule has 9 heteroatoms. The zero-order chi connectivity index (χ0) is 24.8. The van der Waals surface area contributed by atoms with Crippen LogP contribution < -0.4 is 14.8 Å². The Morgan fingerprint density at radius 2 is 1.79 bits per heavy atom. The van der Waals surface area contributed by atoms with E-state index >= 15 is 0 Å². The molecule has 1 N–H and O–H groups in total. The number of amides is 1. The van der Waals surface area contributed by atoms with Crippen LogP contribution in [0.15, 0.2) is 42.5 Å². The molecule has 1 amide bonds. The number of aryl methyl sites for hydroxylation is 2. The first-order valence-electron chi connectivity index (χ1n) is 10.4. The van der Waals surface area contributed by atoms with Crippen molar-refractivity contribution < 1.29 is 23.8 Å². The molecule has 8 nitrogen and oxygen atoms in total. The van der Waals surface area contributed by atoms with Crippen molar-refractivity contribution in [3.8, 4) is 17.2 Å². The Hall–Kier alpha value is -3.78. The molecule has 0 spiro atoms. The quantitative estimate of drug-likeness (QED) is 0.370. The van der Waals surface area contributed by atoms with Gasteiger partial charge in [0.15, 0.2) is 18.1 Å². The number of halogens is 1. The number of nitrogens with one attached hydrogen (secondary N) is 1. The van der Waals surface area contributed by atoms with E-state index < -0.39 is 18.5 Å². The van der Waals surface area contributed by atoms with Gasteiger partial charge in [-0.05, 0) is 56.7 Å². The summed E-state index contributed by atoms with van der Waals surface area (Å²) in [5, 5.41) is 7.62. The molecule has 0 saturated carbocycles. The summed E-state index contributed by atoms with van der Waals surface area (Å²) in [5.74, 6) is -0.313. The number of benzene rings is 2. The maximum Gasteiger partial charge on any atom is 0.331 e. The van der Waals surface area contributed by atoms with Gasteiger partial charge >= 0.3 is 5.97 Å². The molecule has 0 aliphatic heterocycles. The first kappa shape index (κ1) is 24.9. The second-order valence-corrected chi connectivity index (χ2v) is 7.93. The summed E-state index contributed by atoms with van der Waals surface area (Å²) in [6.45, 7) is 5.23. The summed E-state index contributed by atoms with van der Waals surface area (Å²) in [6, 6.07) is 11.2. The Morgan fingerprint density at radius 1 is 1.09 bits per heavy atom. The van der Waals surface area contributed by atoms with E-state index in [1.54, 1.807) is 23.7 Å². The number of aromatic nitrogens is 2. The molecule has 3 rings (SSSR count). The van der Waals surface area contributed by atoms with Crippen LogP contribution in [0.4, 0.5) is 5.69 Å². The third kappa shape index (κ3) is 5.77. The fraction of sp³-hybridized carbons (Fsp3) is 0.240. The number of hydrogen-bond donors (Lipinski definition) is 1. The van der Waals surface area contributed by atoms with Crippen LogP contribution in [0.5, 0.6) is 11.5 Å². The fourth-order valence-corrected chi connectivity index (χ4v) is 3.62. The van der Waals surface area contributed by atoms with Crippen LogP contribution in [0.1, 0.15) is 22.5 Å². The largest absolute Gasteiger partial charge is 0.493 e. The third-order valence-corrected chi connectivity index (χ3v) is 5.33. The Kier molecular flexibility index (Phi) is 7.96. The van der Waals surface area contributed by atoms with E-state index in [0.29, 0.717) is 33.5 Å². The normalized spacial score (nSPS) is 10.9. The molecule has 0 aliphatic carbocycles. The highest BCUT2D eigenvalue weighted by Crippen LogP contribution is 2.36. The third-order valence-electron chi connectivity index (χ3n) is 5.05. The first-order chi connectivity index (χ1) is 16.2. The lowest BCUT2D eigenvalue weighted by Gasteiger charge is -2.10. The maximum atomic E-state index is 12.4. The molecule has 3 aromatic rings. The number of carbonyl (C=O) groups is 2. The van der Waals surface area contributed by atoms with Gasteiger partial charge in [0.05, 0.1) is 42.0 Å². The highest BCUT2D eigenvalue weighted by molar-refractivity contribution is 6.32. The zero-order valence-electron chi connectivity index (χ0n) is 19.6. The van der Waals surface area contributed by atoms with Gasteiger partial charge in [-0.3, -0.25) is 4.79 Å². The molecule has 0 saturated heterocycles. The van der Waals surface area contributed by atoms with Crippen molar-refractivity contribution in [1.29, 1.82) is 0 Å². The van der Waals surface area contributed by atoms with Crippen molar-refractivity contribution in [2.45, 2.75) is 20.8 Å². The standard InChI is InChI=1S/C25H26ClN3O5/c1-15-6-9-19(10-7-15)29-17(3)24(16(2)28-29)27-22(30)14-34-23(31)11-8-18-12-20(26)25(33-5)21(13-18)32-4/h6-13H,14H2,1-5H3,(H,27,30)/b11-8+. The van der Waals surface area contributed by atoms with Crippen molar-refractivity contribution in [1.82, 2.24) is 9.78 Å². The maximum absolute atomic E-state index is 12.4. The fourth-order valence-electron chi connectivity index (χ4n) is 3.32. The topological polar surface area (TPSA) is 91.7 Å². The summed E-state index contributed by atoms with van der Waals surface area (Å²) in [6.07, 6.45) is 2.71. The minimum atomic E-state index is -0.676. The van der Waals surface area contributed by atoms with Crippen LogP contribution in [0.25, 0.3) is 11.8 Å². The summed E-state index contributed by atoms with van der Waals surface area (Å²) in [4.78, 5) is 24.5.